The van der Waals surface area contributed by atoms with Gasteiger partial charge in [0.05, 0.1) is 5.92 Å². The van der Waals surface area contributed by atoms with Gasteiger partial charge in [0.2, 0.25) is 0 Å². The van der Waals surface area contributed by atoms with E-state index in [-0.39, 0.29) is 34.2 Å². The van der Waals surface area contributed by atoms with E-state index >= 15 is 0 Å². The van der Waals surface area contributed by atoms with Crippen molar-refractivity contribution in [1.29, 1.82) is 0 Å². The number of benzene rings is 2. The number of carbonyl (C=O) groups is 2. The molecule has 4 nitrogen and oxygen atoms in total. The molecule has 170 valence electrons. The number of aliphatic imine (C=N–C) groups is 1. The Labute approximate surface area is 195 Å². The molecular formula is C29H31NO3. The number of allylic oxidation sites excluding steroid dienone is 2. The van der Waals surface area contributed by atoms with Crippen molar-refractivity contribution in [1.82, 2.24) is 0 Å². The highest BCUT2D eigenvalue weighted by Crippen LogP contribution is 2.51. The minimum absolute atomic E-state index is 0.110. The van der Waals surface area contributed by atoms with Crippen molar-refractivity contribution < 1.29 is 14.3 Å². The molecule has 1 heterocycles. The van der Waals surface area contributed by atoms with Gasteiger partial charge in [-0.25, -0.2) is 0 Å². The summed E-state index contributed by atoms with van der Waals surface area (Å²) in [6.45, 7) is 8.51. The molecule has 2 atom stereocenters. The third kappa shape index (κ3) is 4.19. The second kappa shape index (κ2) is 7.79. The van der Waals surface area contributed by atoms with E-state index in [0.717, 1.165) is 41.1 Å². The summed E-state index contributed by atoms with van der Waals surface area (Å²) in [5.74, 6) is 1.12. The first-order valence-electron chi connectivity index (χ1n) is 11.8. The number of hydrogen-bond donors (Lipinski definition) is 0. The van der Waals surface area contributed by atoms with Crippen LogP contribution in [0, 0.1) is 16.7 Å². The molecule has 1 fully saturated rings. The standard InChI is InChI=1S/C29H31NO3/c1-28(2)14-21-26(23(31)16-28)25(27-22(30-21)15-29(3,4)17-24(27)32)18-9-8-12-20(13-18)33-19-10-6-5-7-11-19/h5-13,25-26H,14-17H2,1-4H3/t25-,26+/m0/s1. The summed E-state index contributed by atoms with van der Waals surface area (Å²) in [5.41, 5.74) is 3.29. The van der Waals surface area contributed by atoms with Crippen LogP contribution in [-0.2, 0) is 9.59 Å². The summed E-state index contributed by atoms with van der Waals surface area (Å²) in [7, 11) is 0. The molecule has 3 aliphatic rings. The molecule has 2 aromatic carbocycles. The molecule has 4 heteroatoms. The van der Waals surface area contributed by atoms with E-state index in [1.807, 2.05) is 54.6 Å². The third-order valence-electron chi connectivity index (χ3n) is 7.03. The van der Waals surface area contributed by atoms with Gasteiger partial charge in [0, 0.05) is 35.7 Å². The first-order chi connectivity index (χ1) is 15.6. The van der Waals surface area contributed by atoms with Crippen LogP contribution in [0.15, 0.2) is 70.9 Å². The average molecular weight is 442 g/mol. The van der Waals surface area contributed by atoms with Crippen molar-refractivity contribution in [3.63, 3.8) is 0 Å². The Kier molecular flexibility index (Phi) is 5.15. The minimum Gasteiger partial charge on any atom is -0.457 e. The normalized spacial score (nSPS) is 25.8. The zero-order chi connectivity index (χ0) is 23.4. The van der Waals surface area contributed by atoms with E-state index < -0.39 is 0 Å². The SMILES string of the molecule is CC1(C)CC(=O)[C@H]2C(=NC3=C(C(=O)CC(C)(C)C3)[C@H]2c2cccc(Oc3ccccc3)c2)C1. The zero-order valence-corrected chi connectivity index (χ0v) is 19.9. The Morgan fingerprint density at radius 2 is 1.48 bits per heavy atom. The summed E-state index contributed by atoms with van der Waals surface area (Å²) in [6.07, 6.45) is 2.54. The number of ether oxygens (including phenoxy) is 1. The monoisotopic (exact) mass is 441 g/mol. The number of Topliss-reactive ketones (excluding diaryl/α,β-unsaturated/α-hetero) is 2. The summed E-state index contributed by atoms with van der Waals surface area (Å²) >= 11 is 0. The maximum atomic E-state index is 13.5. The van der Waals surface area contributed by atoms with Gasteiger partial charge in [-0.15, -0.1) is 0 Å². The molecule has 2 aromatic rings. The Morgan fingerprint density at radius 1 is 0.788 bits per heavy atom. The van der Waals surface area contributed by atoms with E-state index in [2.05, 4.69) is 27.7 Å². The quantitative estimate of drug-likeness (QED) is 0.535. The van der Waals surface area contributed by atoms with Crippen molar-refractivity contribution in [2.24, 2.45) is 21.7 Å². The number of rotatable bonds is 3. The van der Waals surface area contributed by atoms with E-state index in [1.165, 1.54) is 0 Å². The Bertz CT molecular complexity index is 1190. The van der Waals surface area contributed by atoms with Gasteiger partial charge in [0.25, 0.3) is 0 Å². The highest BCUT2D eigenvalue weighted by Gasteiger charge is 2.49. The van der Waals surface area contributed by atoms with Crippen LogP contribution in [0.3, 0.4) is 0 Å². The predicted octanol–water partition coefficient (Wildman–Crippen LogP) is 6.67. The van der Waals surface area contributed by atoms with Crippen LogP contribution in [0.1, 0.15) is 64.9 Å². The number of para-hydroxylation sites is 1. The van der Waals surface area contributed by atoms with Gasteiger partial charge >= 0.3 is 0 Å². The van der Waals surface area contributed by atoms with Crippen LogP contribution >= 0.6 is 0 Å². The second-order valence-electron chi connectivity index (χ2n) is 11.3. The van der Waals surface area contributed by atoms with Crippen LogP contribution in [0.4, 0.5) is 0 Å². The average Bonchev–Trinajstić information content (AvgIpc) is 2.71. The van der Waals surface area contributed by atoms with E-state index in [0.29, 0.717) is 18.6 Å². The molecule has 5 rings (SSSR count). The first-order valence-corrected chi connectivity index (χ1v) is 11.8. The van der Waals surface area contributed by atoms with Gasteiger partial charge in [0.1, 0.15) is 17.3 Å². The fourth-order valence-electron chi connectivity index (χ4n) is 5.77. The van der Waals surface area contributed by atoms with E-state index in [1.54, 1.807) is 0 Å². The van der Waals surface area contributed by atoms with Crippen LogP contribution in [0.2, 0.25) is 0 Å². The van der Waals surface area contributed by atoms with Crippen LogP contribution in [0.5, 0.6) is 11.5 Å². The fourth-order valence-corrected chi connectivity index (χ4v) is 5.77. The molecule has 1 saturated carbocycles. The molecule has 0 unspecified atom stereocenters. The second-order valence-corrected chi connectivity index (χ2v) is 11.3. The number of fused-ring (bicyclic) bond motifs is 1. The molecule has 0 spiro atoms. The van der Waals surface area contributed by atoms with Crippen LogP contribution in [-0.4, -0.2) is 17.3 Å². The molecule has 0 amide bonds. The van der Waals surface area contributed by atoms with E-state index in [9.17, 15) is 9.59 Å². The molecule has 0 bridgehead atoms. The van der Waals surface area contributed by atoms with Crippen LogP contribution < -0.4 is 4.74 Å². The van der Waals surface area contributed by atoms with Gasteiger partial charge in [-0.3, -0.25) is 14.6 Å². The Hall–Kier alpha value is -3.01. The lowest BCUT2D eigenvalue weighted by molar-refractivity contribution is -0.124. The topological polar surface area (TPSA) is 55.7 Å². The van der Waals surface area contributed by atoms with Gasteiger partial charge in [-0.2, -0.15) is 0 Å². The Balaban J connectivity index is 1.61. The smallest absolute Gasteiger partial charge is 0.161 e. The number of hydrogen-bond acceptors (Lipinski definition) is 4. The van der Waals surface area contributed by atoms with Crippen molar-refractivity contribution in [3.8, 4) is 11.5 Å². The lowest BCUT2D eigenvalue weighted by Gasteiger charge is -2.44. The molecule has 2 aliphatic carbocycles. The maximum absolute atomic E-state index is 13.5. The minimum atomic E-state index is -0.367. The number of carbonyl (C=O) groups excluding carboxylic acids is 2. The zero-order valence-electron chi connectivity index (χ0n) is 19.9. The number of nitrogens with zero attached hydrogens (tertiary/aromatic N) is 1. The van der Waals surface area contributed by atoms with Crippen molar-refractivity contribution >= 4 is 17.3 Å². The molecular weight excluding hydrogens is 410 g/mol. The fraction of sp³-hybridized carbons (Fsp3) is 0.414. The first kappa shape index (κ1) is 21.8. The number of ketones is 2. The lowest BCUT2D eigenvalue weighted by atomic mass is 9.60. The van der Waals surface area contributed by atoms with Gasteiger partial charge < -0.3 is 4.74 Å². The molecule has 0 aromatic heterocycles. The highest BCUT2D eigenvalue weighted by molar-refractivity contribution is 6.13. The Morgan fingerprint density at radius 3 is 2.24 bits per heavy atom. The molecule has 0 radical (unpaired) electrons. The lowest BCUT2D eigenvalue weighted by Crippen LogP contribution is -2.45. The predicted molar refractivity (Wildman–Crippen MR) is 130 cm³/mol. The third-order valence-corrected chi connectivity index (χ3v) is 7.03. The van der Waals surface area contributed by atoms with Crippen molar-refractivity contribution in [2.45, 2.75) is 59.3 Å². The summed E-state index contributed by atoms with van der Waals surface area (Å²) in [4.78, 5) is 31.9. The van der Waals surface area contributed by atoms with Crippen molar-refractivity contribution in [2.75, 3.05) is 0 Å². The van der Waals surface area contributed by atoms with Gasteiger partial charge in [-0.1, -0.05) is 58.0 Å². The van der Waals surface area contributed by atoms with Gasteiger partial charge in [0.15, 0.2) is 5.78 Å². The van der Waals surface area contributed by atoms with Crippen LogP contribution in [0.25, 0.3) is 0 Å². The maximum Gasteiger partial charge on any atom is 0.161 e. The largest absolute Gasteiger partial charge is 0.457 e. The molecule has 0 saturated heterocycles. The molecule has 33 heavy (non-hydrogen) atoms. The molecule has 1 aliphatic heterocycles. The van der Waals surface area contributed by atoms with Crippen molar-refractivity contribution in [3.05, 3.63) is 71.4 Å². The van der Waals surface area contributed by atoms with E-state index in [4.69, 9.17) is 9.73 Å². The van der Waals surface area contributed by atoms with Gasteiger partial charge in [-0.05, 0) is 53.5 Å². The summed E-state index contributed by atoms with van der Waals surface area (Å²) in [5, 5.41) is 0. The summed E-state index contributed by atoms with van der Waals surface area (Å²) in [6, 6.07) is 17.5. The highest BCUT2D eigenvalue weighted by atomic mass is 16.5. The summed E-state index contributed by atoms with van der Waals surface area (Å²) < 4.78 is 6.09. The molecule has 0 N–H and O–H groups in total.